The van der Waals surface area contributed by atoms with Crippen LogP contribution in [0.15, 0.2) is 188 Å². The first-order chi connectivity index (χ1) is 28.6. The lowest BCUT2D eigenvalue weighted by molar-refractivity contribution is 0.681. The highest BCUT2D eigenvalue weighted by Gasteiger charge is 2.31. The van der Waals surface area contributed by atoms with Gasteiger partial charge in [-0.25, -0.2) is 0 Å². The number of allylic oxidation sites excluding steroid dienone is 1. The summed E-state index contributed by atoms with van der Waals surface area (Å²) in [5.74, 6) is 0.615. The van der Waals surface area contributed by atoms with Gasteiger partial charge in [-0.15, -0.1) is 11.3 Å². The van der Waals surface area contributed by atoms with E-state index in [9.17, 15) is 0 Å². The lowest BCUT2D eigenvalue weighted by atomic mass is 9.75. The van der Waals surface area contributed by atoms with E-state index in [0.29, 0.717) is 11.8 Å². The number of para-hydroxylation sites is 2. The van der Waals surface area contributed by atoms with Crippen molar-refractivity contribution < 1.29 is 0 Å². The predicted octanol–water partition coefficient (Wildman–Crippen LogP) is 15.9. The Balaban J connectivity index is 0.992. The quantitative estimate of drug-likeness (QED) is 0.152. The summed E-state index contributed by atoms with van der Waals surface area (Å²) in [6.07, 6.45) is 4.62. The molecule has 278 valence electrons. The number of hydrogen-bond acceptors (Lipinski definition) is 1. The molecular weight excluding hydrogens is 719 g/mol. The molecule has 0 fully saturated rings. The van der Waals surface area contributed by atoms with Crippen molar-refractivity contribution in [2.24, 2.45) is 0 Å². The molecular formula is C56H43NS. The van der Waals surface area contributed by atoms with Crippen LogP contribution < -0.4 is 0 Å². The van der Waals surface area contributed by atoms with Crippen LogP contribution >= 0.6 is 11.3 Å². The first-order valence-corrected chi connectivity index (χ1v) is 21.4. The fraction of sp³-hybridized carbons (Fsp3) is 0.107. The number of benzene rings is 8. The summed E-state index contributed by atoms with van der Waals surface area (Å²) < 4.78 is 3.78. The first kappa shape index (κ1) is 34.7. The fourth-order valence-electron chi connectivity index (χ4n) is 9.88. The number of rotatable bonds is 7. The highest BCUT2D eigenvalue weighted by Crippen LogP contribution is 2.51. The van der Waals surface area contributed by atoms with Crippen molar-refractivity contribution in [3.63, 3.8) is 0 Å². The molecule has 2 atom stereocenters. The molecule has 1 nitrogen and oxygen atoms in total. The molecule has 0 saturated carbocycles. The Morgan fingerprint density at radius 1 is 0.586 bits per heavy atom. The molecule has 11 rings (SSSR count). The van der Waals surface area contributed by atoms with Crippen molar-refractivity contribution in [3.05, 3.63) is 215 Å². The summed E-state index contributed by atoms with van der Waals surface area (Å²) in [4.78, 5) is 1.50. The minimum atomic E-state index is 0.298. The number of fused-ring (bicyclic) bond motifs is 7. The largest absolute Gasteiger partial charge is 0.309 e. The smallest absolute Gasteiger partial charge is 0.0547 e. The Hall–Kier alpha value is -6.48. The van der Waals surface area contributed by atoms with Crippen molar-refractivity contribution in [1.29, 1.82) is 0 Å². The van der Waals surface area contributed by atoms with E-state index in [2.05, 4.69) is 206 Å². The zero-order valence-electron chi connectivity index (χ0n) is 32.8. The molecule has 1 aliphatic rings. The highest BCUT2D eigenvalue weighted by molar-refractivity contribution is 7.19. The molecule has 8 aromatic carbocycles. The maximum atomic E-state index is 2.57. The number of aryl methyl sites for hydroxylation is 1. The normalized spacial score (nSPS) is 14.6. The summed E-state index contributed by atoms with van der Waals surface area (Å²) in [6.45, 7) is 4.66. The molecule has 58 heavy (non-hydrogen) atoms. The maximum absolute atomic E-state index is 2.57. The molecule has 1 aliphatic carbocycles. The molecule has 2 aromatic heterocycles. The third kappa shape index (κ3) is 5.74. The van der Waals surface area contributed by atoms with Crippen LogP contribution in [0.2, 0.25) is 0 Å². The van der Waals surface area contributed by atoms with Crippen molar-refractivity contribution in [1.82, 2.24) is 4.57 Å². The van der Waals surface area contributed by atoms with Gasteiger partial charge in [0.25, 0.3) is 0 Å². The molecule has 0 aliphatic heterocycles. The molecule has 2 heteroatoms. The summed E-state index contributed by atoms with van der Waals surface area (Å²) in [5, 5.41) is 6.54. The van der Waals surface area contributed by atoms with Gasteiger partial charge in [0, 0.05) is 37.9 Å². The molecule has 0 radical (unpaired) electrons. The summed E-state index contributed by atoms with van der Waals surface area (Å²) in [6, 6.07) is 67.6. The number of thiophene rings is 1. The van der Waals surface area contributed by atoms with Crippen molar-refractivity contribution in [2.45, 2.75) is 38.5 Å². The standard InChI is InChI=1S/C56H43NS/c1-3-44(42-33-51(41-26-25-37-15-7-8-16-38(37)32-41)56-52(34-42)50-22-12-14-24-55(50)58-56)46-19-9-10-20-47(46)45-29-27-39(31-36(45)2)40-28-30-49-48-21-11-13-23-53(48)57(54(49)35-40)43-17-5-4-6-18-43/h4-32,34-35,44,51H,3,33H2,1-2H3. The summed E-state index contributed by atoms with van der Waals surface area (Å²) in [7, 11) is 0. The molecule has 2 heterocycles. The molecule has 0 spiro atoms. The monoisotopic (exact) mass is 761 g/mol. The Kier molecular flexibility index (Phi) is 8.49. The SMILES string of the molecule is CCC(C1=Cc2c(sc3ccccc23)C(c2ccc3ccccc3c2)C1)c1ccccc1-c1ccc(-c2ccc3c4ccccc4n(-c4ccccc4)c3c2)cc1C. The van der Waals surface area contributed by atoms with E-state index >= 15 is 0 Å². The van der Waals surface area contributed by atoms with Gasteiger partial charge in [0.1, 0.15) is 0 Å². The van der Waals surface area contributed by atoms with Gasteiger partial charge in [0.2, 0.25) is 0 Å². The molecule has 0 N–H and O–H groups in total. The third-order valence-electron chi connectivity index (χ3n) is 12.7. The van der Waals surface area contributed by atoms with Gasteiger partial charge in [-0.3, -0.25) is 0 Å². The molecule has 0 bridgehead atoms. The van der Waals surface area contributed by atoms with Crippen molar-refractivity contribution in [2.75, 3.05) is 0 Å². The van der Waals surface area contributed by atoms with E-state index in [1.807, 2.05) is 11.3 Å². The van der Waals surface area contributed by atoms with Crippen LogP contribution in [-0.2, 0) is 0 Å². The van der Waals surface area contributed by atoms with Crippen LogP contribution in [0.25, 0.3) is 76.7 Å². The van der Waals surface area contributed by atoms with Gasteiger partial charge in [-0.1, -0.05) is 170 Å². The lowest BCUT2D eigenvalue weighted by Crippen LogP contribution is -2.13. The molecule has 0 amide bonds. The second kappa shape index (κ2) is 14.2. The van der Waals surface area contributed by atoms with E-state index in [4.69, 9.17) is 0 Å². The zero-order valence-corrected chi connectivity index (χ0v) is 33.6. The Morgan fingerprint density at radius 3 is 2.16 bits per heavy atom. The summed E-state index contributed by atoms with van der Waals surface area (Å²) >= 11 is 1.98. The van der Waals surface area contributed by atoms with E-state index in [0.717, 1.165) is 12.8 Å². The Morgan fingerprint density at radius 2 is 1.29 bits per heavy atom. The average Bonchev–Trinajstić information content (AvgIpc) is 3.82. The topological polar surface area (TPSA) is 4.93 Å². The van der Waals surface area contributed by atoms with E-state index < -0.39 is 0 Å². The molecule has 2 unspecified atom stereocenters. The second-order valence-corrected chi connectivity index (χ2v) is 17.0. The fourth-order valence-corrected chi connectivity index (χ4v) is 11.2. The van der Waals surface area contributed by atoms with Crippen LogP contribution in [0.5, 0.6) is 0 Å². The van der Waals surface area contributed by atoms with Crippen LogP contribution in [0.4, 0.5) is 0 Å². The van der Waals surface area contributed by atoms with Crippen LogP contribution in [0.3, 0.4) is 0 Å². The highest BCUT2D eigenvalue weighted by atomic mass is 32.1. The Labute approximate surface area is 344 Å². The molecule has 10 aromatic rings. The van der Waals surface area contributed by atoms with Crippen LogP contribution in [0.1, 0.15) is 58.7 Å². The third-order valence-corrected chi connectivity index (χ3v) is 14.0. The number of hydrogen-bond donors (Lipinski definition) is 0. The summed E-state index contributed by atoms with van der Waals surface area (Å²) in [5.41, 5.74) is 15.8. The zero-order chi connectivity index (χ0) is 38.7. The minimum Gasteiger partial charge on any atom is -0.309 e. The van der Waals surface area contributed by atoms with Crippen molar-refractivity contribution in [3.8, 4) is 27.9 Å². The maximum Gasteiger partial charge on any atom is 0.0547 e. The Bertz CT molecular complexity index is 3210. The van der Waals surface area contributed by atoms with E-state index in [-0.39, 0.29) is 0 Å². The molecule has 0 saturated heterocycles. The van der Waals surface area contributed by atoms with Gasteiger partial charge in [-0.2, -0.15) is 0 Å². The number of aromatic nitrogens is 1. The number of nitrogens with zero attached hydrogens (tertiary/aromatic N) is 1. The van der Waals surface area contributed by atoms with Gasteiger partial charge in [0.05, 0.1) is 11.0 Å². The van der Waals surface area contributed by atoms with Crippen molar-refractivity contribution >= 4 is 60.1 Å². The van der Waals surface area contributed by atoms with Gasteiger partial charge < -0.3 is 4.57 Å². The average molecular weight is 762 g/mol. The van der Waals surface area contributed by atoms with Crippen LogP contribution in [0, 0.1) is 6.92 Å². The van der Waals surface area contributed by atoms with Gasteiger partial charge in [0.15, 0.2) is 0 Å². The second-order valence-electron chi connectivity index (χ2n) is 16.0. The van der Waals surface area contributed by atoms with Gasteiger partial charge >= 0.3 is 0 Å². The van der Waals surface area contributed by atoms with E-state index in [1.165, 1.54) is 103 Å². The lowest BCUT2D eigenvalue weighted by Gasteiger charge is -2.30. The minimum absolute atomic E-state index is 0.298. The van der Waals surface area contributed by atoms with Crippen LogP contribution in [-0.4, -0.2) is 4.57 Å². The predicted molar refractivity (Wildman–Crippen MR) is 250 cm³/mol. The first-order valence-electron chi connectivity index (χ1n) is 20.6. The van der Waals surface area contributed by atoms with E-state index in [1.54, 1.807) is 0 Å². The van der Waals surface area contributed by atoms with Gasteiger partial charge in [-0.05, 0) is 111 Å².